The first-order valence-corrected chi connectivity index (χ1v) is 7.64. The number of carbonyl (C=O) groups is 1. The van der Waals surface area contributed by atoms with Crippen molar-refractivity contribution in [3.8, 4) is 5.75 Å². The van der Waals surface area contributed by atoms with Gasteiger partial charge in [0.1, 0.15) is 11.3 Å². The number of halogens is 1. The Balaban J connectivity index is 2.15. The van der Waals surface area contributed by atoms with Crippen LogP contribution in [0.25, 0.3) is 11.0 Å². The van der Waals surface area contributed by atoms with E-state index in [9.17, 15) is 9.90 Å². The van der Waals surface area contributed by atoms with E-state index < -0.39 is 0 Å². The highest BCUT2D eigenvalue weighted by molar-refractivity contribution is 9.08. The summed E-state index contributed by atoms with van der Waals surface area (Å²) in [6.07, 6.45) is 0. The Kier molecular flexibility index (Phi) is 3.55. The molecule has 21 heavy (non-hydrogen) atoms. The predicted octanol–water partition coefficient (Wildman–Crippen LogP) is 4.57. The molecule has 3 rings (SSSR count). The number of alkyl halides is 1. The summed E-state index contributed by atoms with van der Waals surface area (Å²) in [5.74, 6) is 0.281. The number of furan rings is 1. The first-order chi connectivity index (χ1) is 10.1. The van der Waals surface area contributed by atoms with Gasteiger partial charge in [0, 0.05) is 27.9 Å². The number of rotatable bonds is 3. The lowest BCUT2D eigenvalue weighted by Crippen LogP contribution is -2.02. The number of fused-ring (bicyclic) bond motifs is 1. The second-order valence-electron chi connectivity index (χ2n) is 4.92. The summed E-state index contributed by atoms with van der Waals surface area (Å²) in [5.41, 5.74) is 3.00. The Bertz CT molecular complexity index is 816. The van der Waals surface area contributed by atoms with Crippen molar-refractivity contribution in [2.75, 3.05) is 0 Å². The summed E-state index contributed by atoms with van der Waals surface area (Å²) in [7, 11) is 0. The number of carbonyl (C=O) groups excluding carboxylic acids is 1. The molecule has 1 heterocycles. The topological polar surface area (TPSA) is 50.4 Å². The van der Waals surface area contributed by atoms with Crippen LogP contribution in [-0.4, -0.2) is 10.9 Å². The first-order valence-electron chi connectivity index (χ1n) is 6.52. The van der Waals surface area contributed by atoms with Gasteiger partial charge in [-0.1, -0.05) is 45.8 Å². The second-order valence-corrected chi connectivity index (χ2v) is 5.48. The fourth-order valence-corrected chi connectivity index (χ4v) is 2.85. The average Bonchev–Trinajstić information content (AvgIpc) is 2.84. The minimum atomic E-state index is -0.153. The Morgan fingerprint density at radius 1 is 1.19 bits per heavy atom. The summed E-state index contributed by atoms with van der Waals surface area (Å²) in [6, 6.07) is 12.2. The molecule has 0 saturated carbocycles. The van der Waals surface area contributed by atoms with Crippen molar-refractivity contribution in [2.45, 2.75) is 12.3 Å². The summed E-state index contributed by atoms with van der Waals surface area (Å²) in [4.78, 5) is 12.6. The summed E-state index contributed by atoms with van der Waals surface area (Å²) in [5, 5.41) is 10.9. The lowest BCUT2D eigenvalue weighted by molar-refractivity contribution is 0.101. The number of aromatic hydroxyl groups is 1. The van der Waals surface area contributed by atoms with Gasteiger partial charge in [0.2, 0.25) is 5.78 Å². The smallest absolute Gasteiger partial charge is 0.228 e. The molecule has 0 fully saturated rings. The molecule has 3 aromatic rings. The van der Waals surface area contributed by atoms with Gasteiger partial charge in [0.25, 0.3) is 0 Å². The van der Waals surface area contributed by atoms with Crippen LogP contribution < -0.4 is 0 Å². The van der Waals surface area contributed by atoms with E-state index in [2.05, 4.69) is 15.9 Å². The van der Waals surface area contributed by atoms with E-state index in [1.807, 2.05) is 19.1 Å². The molecule has 0 unspecified atom stereocenters. The Morgan fingerprint density at radius 2 is 1.90 bits per heavy atom. The van der Waals surface area contributed by atoms with Crippen LogP contribution >= 0.6 is 15.9 Å². The molecule has 1 N–H and O–H groups in total. The second kappa shape index (κ2) is 5.37. The molecule has 4 heteroatoms. The number of phenolic OH excluding ortho intramolecular Hbond substituents is 1. The fourth-order valence-electron chi connectivity index (χ4n) is 2.29. The maximum atomic E-state index is 12.6. The molecule has 0 spiro atoms. The third kappa shape index (κ3) is 2.47. The quantitative estimate of drug-likeness (QED) is 0.559. The van der Waals surface area contributed by atoms with Gasteiger partial charge in [-0.05, 0) is 19.1 Å². The van der Waals surface area contributed by atoms with Crippen molar-refractivity contribution in [1.82, 2.24) is 0 Å². The van der Waals surface area contributed by atoms with Crippen molar-refractivity contribution in [1.29, 1.82) is 0 Å². The largest absolute Gasteiger partial charge is 0.508 e. The van der Waals surface area contributed by atoms with Crippen LogP contribution in [0.2, 0.25) is 0 Å². The van der Waals surface area contributed by atoms with Crippen molar-refractivity contribution in [2.24, 2.45) is 0 Å². The Morgan fingerprint density at radius 3 is 2.57 bits per heavy atom. The molecule has 0 saturated heterocycles. The van der Waals surface area contributed by atoms with Crippen LogP contribution in [0.5, 0.6) is 5.75 Å². The molecule has 0 aliphatic carbocycles. The molecular formula is C17H13BrO3. The third-order valence-electron chi connectivity index (χ3n) is 3.43. The number of phenols is 1. The molecular weight excluding hydrogens is 332 g/mol. The fraction of sp³-hybridized carbons (Fsp3) is 0.118. The molecule has 1 aromatic heterocycles. The molecule has 0 aliphatic rings. The van der Waals surface area contributed by atoms with Crippen molar-refractivity contribution in [3.05, 3.63) is 64.9 Å². The van der Waals surface area contributed by atoms with Gasteiger partial charge < -0.3 is 9.52 Å². The van der Waals surface area contributed by atoms with Gasteiger partial charge in [-0.25, -0.2) is 0 Å². The number of aryl methyl sites for hydroxylation is 1. The van der Waals surface area contributed by atoms with E-state index in [0.717, 1.165) is 16.5 Å². The average molecular weight is 345 g/mol. The zero-order valence-corrected chi connectivity index (χ0v) is 13.0. The Hall–Kier alpha value is -2.07. The van der Waals surface area contributed by atoms with Crippen LogP contribution in [0.4, 0.5) is 0 Å². The van der Waals surface area contributed by atoms with Gasteiger partial charge in [-0.15, -0.1) is 0 Å². The van der Waals surface area contributed by atoms with Gasteiger partial charge >= 0.3 is 0 Å². The van der Waals surface area contributed by atoms with Gasteiger partial charge in [-0.2, -0.15) is 0 Å². The third-order valence-corrected chi connectivity index (χ3v) is 3.99. The monoisotopic (exact) mass is 344 g/mol. The van der Waals surface area contributed by atoms with E-state index >= 15 is 0 Å². The lowest BCUT2D eigenvalue weighted by Gasteiger charge is -2.00. The highest BCUT2D eigenvalue weighted by atomic mass is 79.9. The molecule has 0 aliphatic heterocycles. The highest BCUT2D eigenvalue weighted by Crippen LogP contribution is 2.31. The minimum Gasteiger partial charge on any atom is -0.508 e. The number of hydrogen-bond donors (Lipinski definition) is 1. The summed E-state index contributed by atoms with van der Waals surface area (Å²) >= 11 is 3.40. The normalized spacial score (nSPS) is 11.0. The Labute approximate surface area is 130 Å². The first kappa shape index (κ1) is 13.9. The van der Waals surface area contributed by atoms with E-state index in [1.165, 1.54) is 6.07 Å². The zero-order chi connectivity index (χ0) is 15.0. The standard InChI is InChI=1S/C17H13BrO3/c1-10-2-4-11(5-3-10)16(20)17-14(9-18)13-7-6-12(19)8-15(13)21-17/h2-8,19H,9H2,1H3. The van der Waals surface area contributed by atoms with Crippen LogP contribution in [0.3, 0.4) is 0 Å². The van der Waals surface area contributed by atoms with Crippen LogP contribution in [0.1, 0.15) is 27.2 Å². The van der Waals surface area contributed by atoms with Crippen molar-refractivity contribution < 1.29 is 14.3 Å². The van der Waals surface area contributed by atoms with Gasteiger partial charge in [0.05, 0.1) is 0 Å². The summed E-state index contributed by atoms with van der Waals surface area (Å²) < 4.78 is 5.68. The maximum absolute atomic E-state index is 12.6. The van der Waals surface area contributed by atoms with Gasteiger partial charge in [-0.3, -0.25) is 4.79 Å². The van der Waals surface area contributed by atoms with Crippen LogP contribution in [0, 0.1) is 6.92 Å². The minimum absolute atomic E-state index is 0.117. The molecule has 0 atom stereocenters. The van der Waals surface area contributed by atoms with Crippen LogP contribution in [-0.2, 0) is 5.33 Å². The van der Waals surface area contributed by atoms with E-state index in [4.69, 9.17) is 4.42 Å². The number of hydrogen-bond acceptors (Lipinski definition) is 3. The molecule has 0 amide bonds. The zero-order valence-electron chi connectivity index (χ0n) is 11.4. The van der Waals surface area contributed by atoms with E-state index in [-0.39, 0.29) is 11.5 Å². The highest BCUT2D eigenvalue weighted by Gasteiger charge is 2.21. The predicted molar refractivity (Wildman–Crippen MR) is 85.1 cm³/mol. The SMILES string of the molecule is Cc1ccc(C(=O)c2oc3cc(O)ccc3c2CBr)cc1. The summed E-state index contributed by atoms with van der Waals surface area (Å²) in [6.45, 7) is 1.97. The maximum Gasteiger partial charge on any atom is 0.228 e. The number of ketones is 1. The van der Waals surface area contributed by atoms with Crippen LogP contribution in [0.15, 0.2) is 46.9 Å². The van der Waals surface area contributed by atoms with Crippen molar-refractivity contribution in [3.63, 3.8) is 0 Å². The van der Waals surface area contributed by atoms with E-state index in [1.54, 1.807) is 24.3 Å². The molecule has 106 valence electrons. The van der Waals surface area contributed by atoms with Crippen molar-refractivity contribution >= 4 is 32.7 Å². The molecule has 0 radical (unpaired) electrons. The van der Waals surface area contributed by atoms with E-state index in [0.29, 0.717) is 22.2 Å². The molecule has 2 aromatic carbocycles. The number of benzene rings is 2. The molecule has 3 nitrogen and oxygen atoms in total. The lowest BCUT2D eigenvalue weighted by atomic mass is 10.0. The molecule has 0 bridgehead atoms. The van der Waals surface area contributed by atoms with Gasteiger partial charge in [0.15, 0.2) is 5.76 Å².